The van der Waals surface area contributed by atoms with E-state index in [-0.39, 0.29) is 17.4 Å². The van der Waals surface area contributed by atoms with Gasteiger partial charge < -0.3 is 5.11 Å². The molecule has 2 unspecified atom stereocenters. The summed E-state index contributed by atoms with van der Waals surface area (Å²) < 4.78 is 0. The Labute approximate surface area is 86.8 Å². The van der Waals surface area contributed by atoms with E-state index in [1.807, 2.05) is 18.2 Å². The molecule has 2 atom stereocenters. The maximum Gasteiger partial charge on any atom is 0.0654 e. The van der Waals surface area contributed by atoms with Crippen molar-refractivity contribution in [3.05, 3.63) is 35.9 Å². The van der Waals surface area contributed by atoms with Crippen LogP contribution >= 0.6 is 0 Å². The van der Waals surface area contributed by atoms with Crippen LogP contribution in [0.4, 0.5) is 0 Å². The predicted molar refractivity (Wildman–Crippen MR) is 60.3 cm³/mol. The van der Waals surface area contributed by atoms with E-state index in [4.69, 9.17) is 0 Å². The zero-order valence-corrected chi connectivity index (χ0v) is 9.49. The summed E-state index contributed by atoms with van der Waals surface area (Å²) in [5, 5.41) is 10.1. The van der Waals surface area contributed by atoms with E-state index in [0.29, 0.717) is 0 Å². The van der Waals surface area contributed by atoms with Gasteiger partial charge in [-0.25, -0.2) is 0 Å². The number of aliphatic hydroxyl groups excluding tert-OH is 1. The minimum atomic E-state index is -0.301. The van der Waals surface area contributed by atoms with E-state index in [9.17, 15) is 5.11 Å². The van der Waals surface area contributed by atoms with Crippen molar-refractivity contribution < 1.29 is 5.11 Å². The molecule has 78 valence electrons. The topological polar surface area (TPSA) is 20.2 Å². The zero-order chi connectivity index (χ0) is 10.8. The summed E-state index contributed by atoms with van der Waals surface area (Å²) in [6.07, 6.45) is -0.301. The van der Waals surface area contributed by atoms with Crippen LogP contribution < -0.4 is 0 Å². The van der Waals surface area contributed by atoms with Gasteiger partial charge in [0.25, 0.3) is 0 Å². The molecule has 0 aliphatic rings. The van der Waals surface area contributed by atoms with E-state index in [1.54, 1.807) is 0 Å². The monoisotopic (exact) mass is 192 g/mol. The van der Waals surface area contributed by atoms with E-state index in [1.165, 1.54) is 5.56 Å². The Morgan fingerprint density at radius 1 is 1.07 bits per heavy atom. The summed E-state index contributed by atoms with van der Waals surface area (Å²) in [6.45, 7) is 8.27. The minimum Gasteiger partial charge on any atom is -0.392 e. The predicted octanol–water partition coefficient (Wildman–Crippen LogP) is 3.20. The van der Waals surface area contributed by atoms with Crippen molar-refractivity contribution in [2.45, 2.75) is 39.7 Å². The standard InChI is InChI=1S/C13H20O/c1-10(12(14)13(2,3)4)11-8-6-5-7-9-11/h5-10,12,14H,1-4H3. The third kappa shape index (κ3) is 2.58. The van der Waals surface area contributed by atoms with E-state index >= 15 is 0 Å². The third-order valence-corrected chi connectivity index (χ3v) is 2.69. The number of rotatable bonds is 2. The molecule has 1 rings (SSSR count). The normalized spacial score (nSPS) is 16.4. The van der Waals surface area contributed by atoms with Gasteiger partial charge in [-0.2, -0.15) is 0 Å². The van der Waals surface area contributed by atoms with Crippen molar-refractivity contribution in [2.24, 2.45) is 5.41 Å². The van der Waals surface area contributed by atoms with Gasteiger partial charge in [0.1, 0.15) is 0 Å². The average Bonchev–Trinajstić information content (AvgIpc) is 2.15. The highest BCUT2D eigenvalue weighted by atomic mass is 16.3. The highest BCUT2D eigenvalue weighted by Gasteiger charge is 2.28. The molecule has 14 heavy (non-hydrogen) atoms. The van der Waals surface area contributed by atoms with Gasteiger partial charge in [0.05, 0.1) is 6.10 Å². The second-order valence-corrected chi connectivity index (χ2v) is 5.01. The molecule has 0 aliphatic carbocycles. The summed E-state index contributed by atoms with van der Waals surface area (Å²) >= 11 is 0. The smallest absolute Gasteiger partial charge is 0.0654 e. The molecule has 0 saturated heterocycles. The van der Waals surface area contributed by atoms with Crippen molar-refractivity contribution in [3.63, 3.8) is 0 Å². The third-order valence-electron chi connectivity index (χ3n) is 2.69. The van der Waals surface area contributed by atoms with Crippen molar-refractivity contribution in [2.75, 3.05) is 0 Å². The Morgan fingerprint density at radius 3 is 2.00 bits per heavy atom. The van der Waals surface area contributed by atoms with Gasteiger partial charge in [-0.15, -0.1) is 0 Å². The van der Waals surface area contributed by atoms with E-state index < -0.39 is 0 Å². The van der Waals surface area contributed by atoms with Crippen molar-refractivity contribution in [1.29, 1.82) is 0 Å². The highest BCUT2D eigenvalue weighted by Crippen LogP contribution is 2.31. The molecule has 0 fully saturated rings. The SMILES string of the molecule is CC(c1ccccc1)C(O)C(C)(C)C. The molecule has 1 heteroatoms. The fourth-order valence-electron chi connectivity index (χ4n) is 1.69. The molecule has 0 radical (unpaired) electrons. The Balaban J connectivity index is 2.81. The van der Waals surface area contributed by atoms with Crippen LogP contribution in [0.1, 0.15) is 39.2 Å². The molecule has 0 heterocycles. The van der Waals surface area contributed by atoms with Gasteiger partial charge in [0, 0.05) is 5.92 Å². The van der Waals surface area contributed by atoms with Crippen LogP contribution in [0.3, 0.4) is 0 Å². The van der Waals surface area contributed by atoms with Crippen LogP contribution in [-0.2, 0) is 0 Å². The minimum absolute atomic E-state index is 0.0603. The van der Waals surface area contributed by atoms with Crippen LogP contribution in [0.15, 0.2) is 30.3 Å². The fourth-order valence-corrected chi connectivity index (χ4v) is 1.69. The van der Waals surface area contributed by atoms with Crippen LogP contribution in [0.25, 0.3) is 0 Å². The Hall–Kier alpha value is -0.820. The number of aliphatic hydroxyl groups is 1. The summed E-state index contributed by atoms with van der Waals surface area (Å²) in [5.41, 5.74) is 1.14. The molecule has 1 N–H and O–H groups in total. The van der Waals surface area contributed by atoms with Crippen LogP contribution in [0, 0.1) is 5.41 Å². The molecule has 0 bridgehead atoms. The fraction of sp³-hybridized carbons (Fsp3) is 0.538. The second-order valence-electron chi connectivity index (χ2n) is 5.01. The molecule has 0 saturated carbocycles. The molecular formula is C13H20O. The largest absolute Gasteiger partial charge is 0.392 e. The van der Waals surface area contributed by atoms with Gasteiger partial charge >= 0.3 is 0 Å². The molecule has 1 nitrogen and oxygen atoms in total. The maximum absolute atomic E-state index is 10.1. The number of hydrogen-bond acceptors (Lipinski definition) is 1. The summed E-state index contributed by atoms with van der Waals surface area (Å²) in [4.78, 5) is 0. The van der Waals surface area contributed by atoms with Crippen molar-refractivity contribution in [1.82, 2.24) is 0 Å². The van der Waals surface area contributed by atoms with Gasteiger partial charge in [-0.05, 0) is 11.0 Å². The van der Waals surface area contributed by atoms with Crippen LogP contribution in [0.5, 0.6) is 0 Å². The Kier molecular flexibility index (Phi) is 3.33. The molecule has 0 aliphatic heterocycles. The van der Waals surface area contributed by atoms with E-state index in [2.05, 4.69) is 39.8 Å². The lowest BCUT2D eigenvalue weighted by molar-refractivity contribution is 0.0434. The lowest BCUT2D eigenvalue weighted by atomic mass is 9.79. The maximum atomic E-state index is 10.1. The number of hydrogen-bond donors (Lipinski definition) is 1. The van der Waals surface area contributed by atoms with Gasteiger partial charge in [0.2, 0.25) is 0 Å². The van der Waals surface area contributed by atoms with E-state index in [0.717, 1.165) is 0 Å². The molecule has 0 spiro atoms. The van der Waals surface area contributed by atoms with Crippen LogP contribution in [-0.4, -0.2) is 11.2 Å². The lowest BCUT2D eigenvalue weighted by Crippen LogP contribution is -2.31. The first-order chi connectivity index (χ1) is 6.43. The van der Waals surface area contributed by atoms with Gasteiger partial charge in [0.15, 0.2) is 0 Å². The quantitative estimate of drug-likeness (QED) is 0.763. The first kappa shape index (κ1) is 11.3. The van der Waals surface area contributed by atoms with Crippen molar-refractivity contribution in [3.8, 4) is 0 Å². The van der Waals surface area contributed by atoms with Crippen LogP contribution in [0.2, 0.25) is 0 Å². The second kappa shape index (κ2) is 4.14. The Morgan fingerprint density at radius 2 is 1.57 bits per heavy atom. The lowest BCUT2D eigenvalue weighted by Gasteiger charge is -2.31. The Bertz CT molecular complexity index is 271. The van der Waals surface area contributed by atoms with Gasteiger partial charge in [-0.1, -0.05) is 58.0 Å². The molecule has 1 aromatic rings. The molecule has 0 aromatic heterocycles. The van der Waals surface area contributed by atoms with Gasteiger partial charge in [-0.3, -0.25) is 0 Å². The summed E-state index contributed by atoms with van der Waals surface area (Å²) in [5.74, 6) is 0.191. The first-order valence-corrected chi connectivity index (χ1v) is 5.16. The highest BCUT2D eigenvalue weighted by molar-refractivity contribution is 5.20. The molecular weight excluding hydrogens is 172 g/mol. The first-order valence-electron chi connectivity index (χ1n) is 5.16. The summed E-state index contributed by atoms with van der Waals surface area (Å²) in [6, 6.07) is 10.2. The average molecular weight is 192 g/mol. The molecule has 0 amide bonds. The molecule has 1 aromatic carbocycles. The van der Waals surface area contributed by atoms with Crippen molar-refractivity contribution >= 4 is 0 Å². The zero-order valence-electron chi connectivity index (χ0n) is 9.49. The summed E-state index contributed by atoms with van der Waals surface area (Å²) in [7, 11) is 0. The number of benzene rings is 1.